The molecule has 1 aromatic carbocycles. The first-order chi connectivity index (χ1) is 11.5. The van der Waals surface area contributed by atoms with Crippen molar-refractivity contribution in [2.75, 3.05) is 26.2 Å². The van der Waals surface area contributed by atoms with Gasteiger partial charge in [-0.1, -0.05) is 12.1 Å². The van der Waals surface area contributed by atoms with E-state index in [9.17, 15) is 14.0 Å². The summed E-state index contributed by atoms with van der Waals surface area (Å²) in [7, 11) is 0. The van der Waals surface area contributed by atoms with Gasteiger partial charge in [0.25, 0.3) is 0 Å². The molecule has 2 aliphatic rings. The standard InChI is InChI=1S/C18H24FN3O2/c19-15-5-3-13(4-6-15)16-2-1-9-22(16)12-17(23)21-10-7-14(8-11-21)18(20)24/h3-6,14,16H,1-2,7-12H2,(H2,20,24)/t16-/m0/s1. The number of benzene rings is 1. The number of hydrogen-bond donors (Lipinski definition) is 1. The van der Waals surface area contributed by atoms with E-state index in [1.165, 1.54) is 12.1 Å². The van der Waals surface area contributed by atoms with Gasteiger partial charge in [0, 0.05) is 25.0 Å². The van der Waals surface area contributed by atoms with E-state index in [1.54, 1.807) is 12.1 Å². The third-order valence-corrected chi connectivity index (χ3v) is 5.21. The van der Waals surface area contributed by atoms with Crippen LogP contribution in [0.3, 0.4) is 0 Å². The number of primary amides is 1. The maximum absolute atomic E-state index is 13.1. The summed E-state index contributed by atoms with van der Waals surface area (Å²) in [6.07, 6.45) is 3.34. The molecule has 24 heavy (non-hydrogen) atoms. The summed E-state index contributed by atoms with van der Waals surface area (Å²) in [5.74, 6) is -0.505. The van der Waals surface area contributed by atoms with E-state index in [2.05, 4.69) is 4.90 Å². The van der Waals surface area contributed by atoms with Gasteiger partial charge >= 0.3 is 0 Å². The number of likely N-dealkylation sites (tertiary alicyclic amines) is 2. The predicted molar refractivity (Wildman–Crippen MR) is 88.4 cm³/mol. The Kier molecular flexibility index (Phi) is 5.14. The summed E-state index contributed by atoms with van der Waals surface area (Å²) in [6, 6.07) is 6.74. The highest BCUT2D eigenvalue weighted by atomic mass is 19.1. The maximum Gasteiger partial charge on any atom is 0.236 e. The molecule has 0 spiro atoms. The van der Waals surface area contributed by atoms with Crippen molar-refractivity contribution in [3.63, 3.8) is 0 Å². The molecular formula is C18H24FN3O2. The van der Waals surface area contributed by atoms with Crippen molar-refractivity contribution in [1.29, 1.82) is 0 Å². The number of carbonyl (C=O) groups excluding carboxylic acids is 2. The van der Waals surface area contributed by atoms with Gasteiger partial charge in [-0.15, -0.1) is 0 Å². The van der Waals surface area contributed by atoms with Crippen LogP contribution in [0.1, 0.15) is 37.3 Å². The van der Waals surface area contributed by atoms with Crippen molar-refractivity contribution in [3.05, 3.63) is 35.6 Å². The fraction of sp³-hybridized carbons (Fsp3) is 0.556. The summed E-state index contributed by atoms with van der Waals surface area (Å²) in [5.41, 5.74) is 6.40. The largest absolute Gasteiger partial charge is 0.369 e. The molecule has 0 bridgehead atoms. The van der Waals surface area contributed by atoms with Gasteiger partial charge < -0.3 is 10.6 Å². The molecule has 2 amide bonds. The highest BCUT2D eigenvalue weighted by Gasteiger charge is 2.31. The Labute approximate surface area is 141 Å². The van der Waals surface area contributed by atoms with Crippen LogP contribution in [-0.2, 0) is 9.59 Å². The number of rotatable bonds is 4. The lowest BCUT2D eigenvalue weighted by molar-refractivity contribution is -0.136. The average Bonchev–Trinajstić information content (AvgIpc) is 3.03. The van der Waals surface area contributed by atoms with Crippen LogP contribution in [0, 0.1) is 11.7 Å². The molecular weight excluding hydrogens is 309 g/mol. The second-order valence-electron chi connectivity index (χ2n) is 6.74. The summed E-state index contributed by atoms with van der Waals surface area (Å²) >= 11 is 0. The summed E-state index contributed by atoms with van der Waals surface area (Å²) in [4.78, 5) is 27.8. The molecule has 5 nitrogen and oxygen atoms in total. The fourth-order valence-electron chi connectivity index (χ4n) is 3.76. The van der Waals surface area contributed by atoms with Crippen LogP contribution in [0.15, 0.2) is 24.3 Å². The molecule has 2 saturated heterocycles. The first-order valence-electron chi connectivity index (χ1n) is 8.61. The molecule has 2 fully saturated rings. The van der Waals surface area contributed by atoms with E-state index in [0.717, 1.165) is 24.9 Å². The molecule has 0 radical (unpaired) electrons. The Bertz CT molecular complexity index is 597. The molecule has 130 valence electrons. The van der Waals surface area contributed by atoms with Crippen LogP contribution in [0.5, 0.6) is 0 Å². The lowest BCUT2D eigenvalue weighted by Gasteiger charge is -2.33. The number of nitrogens with zero attached hydrogens (tertiary/aromatic N) is 2. The number of hydrogen-bond acceptors (Lipinski definition) is 3. The molecule has 1 atom stereocenters. The van der Waals surface area contributed by atoms with Gasteiger partial charge in [0.05, 0.1) is 6.54 Å². The average molecular weight is 333 g/mol. The number of carbonyl (C=O) groups is 2. The SMILES string of the molecule is NC(=O)C1CCN(C(=O)CN2CCC[C@H]2c2ccc(F)cc2)CC1. The molecule has 2 heterocycles. The second kappa shape index (κ2) is 7.30. The van der Waals surface area contributed by atoms with Crippen LogP contribution in [-0.4, -0.2) is 47.8 Å². The molecule has 6 heteroatoms. The van der Waals surface area contributed by atoms with Gasteiger partial charge in [0.2, 0.25) is 11.8 Å². The lowest BCUT2D eigenvalue weighted by Crippen LogP contribution is -2.45. The summed E-state index contributed by atoms with van der Waals surface area (Å²) in [5, 5.41) is 0. The smallest absolute Gasteiger partial charge is 0.236 e. The molecule has 2 N–H and O–H groups in total. The number of halogens is 1. The molecule has 0 aromatic heterocycles. The second-order valence-corrected chi connectivity index (χ2v) is 6.74. The zero-order valence-corrected chi connectivity index (χ0v) is 13.8. The zero-order valence-electron chi connectivity index (χ0n) is 13.8. The Balaban J connectivity index is 1.57. The molecule has 0 unspecified atom stereocenters. The highest BCUT2D eigenvalue weighted by molar-refractivity contribution is 5.80. The van der Waals surface area contributed by atoms with E-state index < -0.39 is 0 Å². The van der Waals surface area contributed by atoms with Crippen molar-refractivity contribution in [2.45, 2.75) is 31.7 Å². The van der Waals surface area contributed by atoms with Gasteiger partial charge in [0.1, 0.15) is 5.82 Å². The normalized spacial score (nSPS) is 22.7. The Hall–Kier alpha value is -1.95. The highest BCUT2D eigenvalue weighted by Crippen LogP contribution is 2.32. The van der Waals surface area contributed by atoms with Crippen molar-refractivity contribution < 1.29 is 14.0 Å². The third-order valence-electron chi connectivity index (χ3n) is 5.21. The van der Waals surface area contributed by atoms with Crippen LogP contribution in [0.4, 0.5) is 4.39 Å². The van der Waals surface area contributed by atoms with E-state index in [0.29, 0.717) is 32.5 Å². The summed E-state index contributed by atoms with van der Waals surface area (Å²) < 4.78 is 13.1. The van der Waals surface area contributed by atoms with Gasteiger partial charge in [-0.05, 0) is 49.9 Å². The van der Waals surface area contributed by atoms with Gasteiger partial charge in [0.15, 0.2) is 0 Å². The topological polar surface area (TPSA) is 66.6 Å². The molecule has 0 aliphatic carbocycles. The van der Waals surface area contributed by atoms with Crippen molar-refractivity contribution >= 4 is 11.8 Å². The number of nitrogens with two attached hydrogens (primary N) is 1. The number of amides is 2. The minimum Gasteiger partial charge on any atom is -0.369 e. The van der Waals surface area contributed by atoms with Crippen molar-refractivity contribution in [2.24, 2.45) is 11.7 Å². The van der Waals surface area contributed by atoms with E-state index in [4.69, 9.17) is 5.73 Å². The first-order valence-corrected chi connectivity index (χ1v) is 8.61. The van der Waals surface area contributed by atoms with E-state index in [-0.39, 0.29) is 29.6 Å². The van der Waals surface area contributed by atoms with E-state index >= 15 is 0 Å². The van der Waals surface area contributed by atoms with Gasteiger partial charge in [-0.3, -0.25) is 14.5 Å². The zero-order chi connectivity index (χ0) is 17.1. The van der Waals surface area contributed by atoms with Crippen molar-refractivity contribution in [3.8, 4) is 0 Å². The fourth-order valence-corrected chi connectivity index (χ4v) is 3.76. The van der Waals surface area contributed by atoms with Crippen molar-refractivity contribution in [1.82, 2.24) is 9.80 Å². The van der Waals surface area contributed by atoms with Crippen LogP contribution >= 0.6 is 0 Å². The molecule has 0 saturated carbocycles. The van der Waals surface area contributed by atoms with Gasteiger partial charge in [-0.25, -0.2) is 4.39 Å². The summed E-state index contributed by atoms with van der Waals surface area (Å²) in [6.45, 7) is 2.46. The van der Waals surface area contributed by atoms with Crippen LogP contribution < -0.4 is 5.73 Å². The van der Waals surface area contributed by atoms with Gasteiger partial charge in [-0.2, -0.15) is 0 Å². The Morgan fingerprint density at radius 2 is 1.75 bits per heavy atom. The monoisotopic (exact) mass is 333 g/mol. The molecule has 3 rings (SSSR count). The minimum atomic E-state index is -0.266. The maximum atomic E-state index is 13.1. The third kappa shape index (κ3) is 3.75. The molecule has 2 aliphatic heterocycles. The minimum absolute atomic E-state index is 0.104. The van der Waals surface area contributed by atoms with Crippen LogP contribution in [0.25, 0.3) is 0 Å². The van der Waals surface area contributed by atoms with E-state index in [1.807, 2.05) is 4.90 Å². The Morgan fingerprint density at radius 1 is 1.08 bits per heavy atom. The predicted octanol–water partition coefficient (Wildman–Crippen LogP) is 1.69. The Morgan fingerprint density at radius 3 is 2.38 bits per heavy atom. The lowest BCUT2D eigenvalue weighted by atomic mass is 9.96. The van der Waals surface area contributed by atoms with Crippen LogP contribution in [0.2, 0.25) is 0 Å². The first kappa shape index (κ1) is 16.9. The quantitative estimate of drug-likeness (QED) is 0.912. The molecule has 1 aromatic rings. The number of piperidine rings is 1.